The van der Waals surface area contributed by atoms with E-state index in [0.717, 1.165) is 39.5 Å². The topological polar surface area (TPSA) is 63.9 Å². The number of hydrogen-bond donors (Lipinski definition) is 2. The van der Waals surface area contributed by atoms with Crippen molar-refractivity contribution in [3.8, 4) is 17.0 Å². The SMILES string of the molecule is Cc1cccc(C)c1OC(C)c1cc(-c2cccc(N)c2)n[nH]1. The Labute approximate surface area is 136 Å². The molecule has 1 heterocycles. The van der Waals surface area contributed by atoms with E-state index < -0.39 is 0 Å². The molecule has 1 atom stereocenters. The standard InChI is InChI=1S/C19H21N3O/c1-12-6-4-7-13(2)19(12)23-14(3)17-11-18(22-21-17)15-8-5-9-16(20)10-15/h4-11,14H,20H2,1-3H3,(H,21,22). The van der Waals surface area contributed by atoms with Gasteiger partial charge in [0.05, 0.1) is 11.4 Å². The lowest BCUT2D eigenvalue weighted by atomic mass is 10.1. The summed E-state index contributed by atoms with van der Waals surface area (Å²) in [4.78, 5) is 0. The molecule has 1 aromatic heterocycles. The number of para-hydroxylation sites is 1. The number of aryl methyl sites for hydroxylation is 2. The van der Waals surface area contributed by atoms with Crippen LogP contribution in [-0.2, 0) is 0 Å². The van der Waals surface area contributed by atoms with Gasteiger partial charge in [-0.2, -0.15) is 5.10 Å². The van der Waals surface area contributed by atoms with Crippen LogP contribution < -0.4 is 10.5 Å². The molecule has 3 N–H and O–H groups in total. The van der Waals surface area contributed by atoms with Gasteiger partial charge in [0.15, 0.2) is 0 Å². The fourth-order valence-electron chi connectivity index (χ4n) is 2.62. The van der Waals surface area contributed by atoms with E-state index in [1.165, 1.54) is 0 Å². The highest BCUT2D eigenvalue weighted by Crippen LogP contribution is 2.29. The second-order valence-corrected chi connectivity index (χ2v) is 5.82. The van der Waals surface area contributed by atoms with E-state index in [2.05, 4.69) is 36.2 Å². The summed E-state index contributed by atoms with van der Waals surface area (Å²) in [6, 6.07) is 15.9. The van der Waals surface area contributed by atoms with E-state index in [9.17, 15) is 0 Å². The number of ether oxygens (including phenoxy) is 1. The third-order valence-corrected chi connectivity index (χ3v) is 3.92. The zero-order valence-electron chi connectivity index (χ0n) is 13.6. The maximum absolute atomic E-state index is 6.14. The van der Waals surface area contributed by atoms with Gasteiger partial charge in [0.1, 0.15) is 11.9 Å². The third-order valence-electron chi connectivity index (χ3n) is 3.92. The van der Waals surface area contributed by atoms with Gasteiger partial charge < -0.3 is 10.5 Å². The van der Waals surface area contributed by atoms with Crippen molar-refractivity contribution < 1.29 is 4.74 Å². The molecule has 4 nitrogen and oxygen atoms in total. The molecular formula is C19H21N3O. The van der Waals surface area contributed by atoms with Crippen molar-refractivity contribution in [1.82, 2.24) is 10.2 Å². The first-order valence-corrected chi connectivity index (χ1v) is 7.68. The Bertz CT molecular complexity index is 803. The van der Waals surface area contributed by atoms with Crippen molar-refractivity contribution in [2.75, 3.05) is 5.73 Å². The molecule has 0 saturated heterocycles. The quantitative estimate of drug-likeness (QED) is 0.701. The summed E-state index contributed by atoms with van der Waals surface area (Å²) in [7, 11) is 0. The second kappa shape index (κ2) is 6.16. The van der Waals surface area contributed by atoms with Crippen molar-refractivity contribution in [3.63, 3.8) is 0 Å². The third kappa shape index (κ3) is 3.21. The lowest BCUT2D eigenvalue weighted by Crippen LogP contribution is -2.05. The van der Waals surface area contributed by atoms with Crippen molar-refractivity contribution in [1.29, 1.82) is 0 Å². The van der Waals surface area contributed by atoms with E-state index in [0.29, 0.717) is 0 Å². The Kier molecular flexibility index (Phi) is 4.06. The van der Waals surface area contributed by atoms with E-state index in [1.807, 2.05) is 43.3 Å². The van der Waals surface area contributed by atoms with E-state index in [1.54, 1.807) is 0 Å². The minimum Gasteiger partial charge on any atom is -0.484 e. The van der Waals surface area contributed by atoms with Crippen LogP contribution in [0.5, 0.6) is 5.75 Å². The van der Waals surface area contributed by atoms with Gasteiger partial charge in [-0.1, -0.05) is 30.3 Å². The summed E-state index contributed by atoms with van der Waals surface area (Å²) in [6.45, 7) is 6.13. The largest absolute Gasteiger partial charge is 0.484 e. The fourth-order valence-corrected chi connectivity index (χ4v) is 2.62. The Morgan fingerprint density at radius 3 is 2.43 bits per heavy atom. The highest BCUT2D eigenvalue weighted by atomic mass is 16.5. The Morgan fingerprint density at radius 1 is 1.04 bits per heavy atom. The summed E-state index contributed by atoms with van der Waals surface area (Å²) in [6.07, 6.45) is -0.114. The highest BCUT2D eigenvalue weighted by Gasteiger charge is 2.14. The Morgan fingerprint density at radius 2 is 1.74 bits per heavy atom. The molecule has 0 aliphatic carbocycles. The molecule has 23 heavy (non-hydrogen) atoms. The van der Waals surface area contributed by atoms with Gasteiger partial charge in [0.2, 0.25) is 0 Å². The maximum Gasteiger partial charge on any atom is 0.137 e. The number of hydrogen-bond acceptors (Lipinski definition) is 3. The van der Waals surface area contributed by atoms with Gasteiger partial charge in [-0.25, -0.2) is 0 Å². The molecule has 0 saturated carbocycles. The van der Waals surface area contributed by atoms with Crippen molar-refractivity contribution in [3.05, 3.63) is 65.4 Å². The summed E-state index contributed by atoms with van der Waals surface area (Å²) in [5.74, 6) is 0.931. The van der Waals surface area contributed by atoms with Crippen LogP contribution in [0.3, 0.4) is 0 Å². The van der Waals surface area contributed by atoms with Crippen LogP contribution in [0.25, 0.3) is 11.3 Å². The molecule has 3 rings (SSSR count). The zero-order valence-corrected chi connectivity index (χ0v) is 13.6. The average molecular weight is 307 g/mol. The lowest BCUT2D eigenvalue weighted by molar-refractivity contribution is 0.219. The molecule has 1 unspecified atom stereocenters. The molecule has 0 aliphatic heterocycles. The van der Waals surface area contributed by atoms with Crippen LogP contribution in [0.4, 0.5) is 5.69 Å². The minimum absolute atomic E-state index is 0.114. The molecule has 0 amide bonds. The average Bonchev–Trinajstić information content (AvgIpc) is 3.01. The predicted octanol–water partition coefficient (Wildman–Crippen LogP) is 4.42. The number of aromatic amines is 1. The molecule has 4 heteroatoms. The summed E-state index contributed by atoms with van der Waals surface area (Å²) in [5, 5.41) is 7.44. The summed E-state index contributed by atoms with van der Waals surface area (Å²) in [5.41, 5.74) is 11.6. The number of rotatable bonds is 4. The van der Waals surface area contributed by atoms with E-state index in [4.69, 9.17) is 10.5 Å². The van der Waals surface area contributed by atoms with Crippen LogP contribution in [0, 0.1) is 13.8 Å². The highest BCUT2D eigenvalue weighted by molar-refractivity contribution is 5.64. The number of nitrogens with two attached hydrogens (primary N) is 1. The van der Waals surface area contributed by atoms with Gasteiger partial charge in [-0.3, -0.25) is 5.10 Å². The van der Waals surface area contributed by atoms with Crippen LogP contribution in [0.15, 0.2) is 48.5 Å². The van der Waals surface area contributed by atoms with E-state index >= 15 is 0 Å². The Hall–Kier alpha value is -2.75. The van der Waals surface area contributed by atoms with Gasteiger partial charge in [0.25, 0.3) is 0 Å². The Balaban J connectivity index is 1.83. The van der Waals surface area contributed by atoms with Gasteiger partial charge in [-0.05, 0) is 50.1 Å². The summed E-state index contributed by atoms with van der Waals surface area (Å²) < 4.78 is 6.14. The van der Waals surface area contributed by atoms with Crippen molar-refractivity contribution in [2.45, 2.75) is 26.9 Å². The monoisotopic (exact) mass is 307 g/mol. The number of nitrogens with one attached hydrogen (secondary N) is 1. The minimum atomic E-state index is -0.114. The van der Waals surface area contributed by atoms with Gasteiger partial charge in [0, 0.05) is 11.3 Å². The van der Waals surface area contributed by atoms with Crippen molar-refractivity contribution in [2.24, 2.45) is 0 Å². The lowest BCUT2D eigenvalue weighted by Gasteiger charge is -2.17. The van der Waals surface area contributed by atoms with Crippen LogP contribution in [-0.4, -0.2) is 10.2 Å². The smallest absolute Gasteiger partial charge is 0.137 e. The van der Waals surface area contributed by atoms with Crippen LogP contribution in [0.2, 0.25) is 0 Å². The molecule has 0 radical (unpaired) electrons. The molecule has 0 aliphatic rings. The van der Waals surface area contributed by atoms with Gasteiger partial charge in [-0.15, -0.1) is 0 Å². The number of H-pyrrole nitrogens is 1. The molecule has 118 valence electrons. The predicted molar refractivity (Wildman–Crippen MR) is 93.4 cm³/mol. The van der Waals surface area contributed by atoms with E-state index in [-0.39, 0.29) is 6.10 Å². The van der Waals surface area contributed by atoms with Crippen LogP contribution in [0.1, 0.15) is 29.8 Å². The molecule has 0 fully saturated rings. The normalized spacial score (nSPS) is 12.1. The number of nitrogen functional groups attached to an aromatic ring is 1. The molecule has 2 aromatic carbocycles. The molecular weight excluding hydrogens is 286 g/mol. The molecule has 0 bridgehead atoms. The fraction of sp³-hybridized carbons (Fsp3) is 0.211. The number of nitrogens with zero attached hydrogens (tertiary/aromatic N) is 1. The second-order valence-electron chi connectivity index (χ2n) is 5.82. The first kappa shape index (κ1) is 15.2. The summed E-state index contributed by atoms with van der Waals surface area (Å²) >= 11 is 0. The zero-order chi connectivity index (χ0) is 16.4. The molecule has 3 aromatic rings. The first-order chi connectivity index (χ1) is 11.0. The van der Waals surface area contributed by atoms with Crippen molar-refractivity contribution >= 4 is 5.69 Å². The maximum atomic E-state index is 6.14. The first-order valence-electron chi connectivity index (χ1n) is 7.68. The number of benzene rings is 2. The number of anilines is 1. The van der Waals surface area contributed by atoms with Crippen LogP contribution >= 0.6 is 0 Å². The molecule has 0 spiro atoms. The van der Waals surface area contributed by atoms with Gasteiger partial charge >= 0.3 is 0 Å². The number of aromatic nitrogens is 2.